The van der Waals surface area contributed by atoms with Crippen molar-refractivity contribution in [2.75, 3.05) is 6.54 Å². The van der Waals surface area contributed by atoms with E-state index in [4.69, 9.17) is 37.7 Å². The highest BCUT2D eigenvalue weighted by molar-refractivity contribution is 7.92. The van der Waals surface area contributed by atoms with Crippen molar-refractivity contribution in [1.82, 2.24) is 9.88 Å². The van der Waals surface area contributed by atoms with Gasteiger partial charge in [-0.1, -0.05) is 48.7 Å². The van der Waals surface area contributed by atoms with Gasteiger partial charge in [0.2, 0.25) is 5.88 Å². The molecule has 2 aromatic carbocycles. The molecule has 3 aromatic rings. The van der Waals surface area contributed by atoms with Crippen molar-refractivity contribution in [2.24, 2.45) is 0 Å². The molecule has 224 valence electrons. The molecule has 1 fully saturated rings. The summed E-state index contributed by atoms with van der Waals surface area (Å²) in [7, 11) is -4.12. The molecular formula is C31H33Cl2FN2O5S. The number of carbonyl (C=O) groups excluding carboxylic acids is 1. The number of aromatic nitrogens is 1. The normalized spacial score (nSPS) is 20.1. The Bertz CT molecular complexity index is 1580. The summed E-state index contributed by atoms with van der Waals surface area (Å²) in [6.07, 6.45) is 1.88. The van der Waals surface area contributed by atoms with Gasteiger partial charge in [0.25, 0.3) is 0 Å². The maximum absolute atomic E-state index is 14.5. The summed E-state index contributed by atoms with van der Waals surface area (Å²) in [5, 5.41) is 0.931. The smallest absolute Gasteiger partial charge is 0.410 e. The molecule has 1 aliphatic carbocycles. The van der Waals surface area contributed by atoms with Gasteiger partial charge in [-0.2, -0.15) is 0 Å². The molecule has 1 amide bonds. The Balaban J connectivity index is 1.54. The number of carbonyl (C=O) groups is 1. The van der Waals surface area contributed by atoms with Crippen LogP contribution in [0.15, 0.2) is 59.5 Å². The zero-order valence-corrected chi connectivity index (χ0v) is 26.0. The van der Waals surface area contributed by atoms with E-state index in [0.29, 0.717) is 52.0 Å². The van der Waals surface area contributed by atoms with Crippen LogP contribution in [0.2, 0.25) is 10.0 Å². The van der Waals surface area contributed by atoms with E-state index in [9.17, 15) is 17.6 Å². The van der Waals surface area contributed by atoms with E-state index < -0.39 is 38.1 Å². The van der Waals surface area contributed by atoms with Crippen molar-refractivity contribution in [3.05, 3.63) is 87.3 Å². The standard InChI is InChI=1S/C31H33Cl2FN2O5S/c1-4-16-30(2,3)41-29(37)36-18-17-31(42(38,39)21-10-8-20(34)9-11-21)23-12-15-28(35-26(23)13-14-27(31)36)40-19-22-24(32)6-5-7-25(22)33/h5-12,15,27H,4,13-14,16-19H2,1-3H3. The number of rotatable bonds is 8. The van der Waals surface area contributed by atoms with Crippen LogP contribution in [0.25, 0.3) is 0 Å². The van der Waals surface area contributed by atoms with Gasteiger partial charge in [0, 0.05) is 33.9 Å². The average molecular weight is 636 g/mol. The van der Waals surface area contributed by atoms with E-state index in [1.54, 1.807) is 35.2 Å². The van der Waals surface area contributed by atoms with E-state index in [0.717, 1.165) is 18.6 Å². The Morgan fingerprint density at radius 3 is 2.48 bits per heavy atom. The summed E-state index contributed by atoms with van der Waals surface area (Å²) in [4.78, 5) is 19.7. The molecule has 1 saturated heterocycles. The van der Waals surface area contributed by atoms with Crippen LogP contribution in [-0.4, -0.2) is 42.6 Å². The number of amides is 1. The lowest BCUT2D eigenvalue weighted by Gasteiger charge is -2.42. The van der Waals surface area contributed by atoms with Gasteiger partial charge >= 0.3 is 6.09 Å². The average Bonchev–Trinajstić information content (AvgIpc) is 3.34. The number of hydrogen-bond donors (Lipinski definition) is 0. The van der Waals surface area contributed by atoms with Crippen LogP contribution < -0.4 is 4.74 Å². The van der Waals surface area contributed by atoms with Gasteiger partial charge in [-0.25, -0.2) is 22.6 Å². The number of halogens is 3. The first-order valence-electron chi connectivity index (χ1n) is 14.0. The predicted molar refractivity (Wildman–Crippen MR) is 159 cm³/mol. The first kappa shape index (κ1) is 30.6. The van der Waals surface area contributed by atoms with Gasteiger partial charge in [0.05, 0.1) is 10.9 Å². The van der Waals surface area contributed by atoms with Crippen LogP contribution in [0.1, 0.15) is 63.3 Å². The number of fused-ring (bicyclic) bond motifs is 3. The number of aryl methyl sites for hydroxylation is 1. The zero-order valence-electron chi connectivity index (χ0n) is 23.7. The van der Waals surface area contributed by atoms with Crippen LogP contribution in [0.4, 0.5) is 9.18 Å². The molecular weight excluding hydrogens is 602 g/mol. The molecule has 2 aliphatic rings. The van der Waals surface area contributed by atoms with Gasteiger partial charge in [-0.15, -0.1) is 0 Å². The molecule has 42 heavy (non-hydrogen) atoms. The lowest BCUT2D eigenvalue weighted by atomic mass is 9.81. The highest BCUT2D eigenvalue weighted by Crippen LogP contribution is 2.53. The highest BCUT2D eigenvalue weighted by atomic mass is 35.5. The lowest BCUT2D eigenvalue weighted by molar-refractivity contribution is 0.00405. The zero-order chi connectivity index (χ0) is 30.3. The minimum Gasteiger partial charge on any atom is -0.473 e. The van der Waals surface area contributed by atoms with E-state index >= 15 is 0 Å². The molecule has 2 unspecified atom stereocenters. The maximum Gasteiger partial charge on any atom is 0.410 e. The molecule has 0 radical (unpaired) electrons. The second-order valence-corrected chi connectivity index (χ2v) is 14.4. The summed E-state index contributed by atoms with van der Waals surface area (Å²) in [6.45, 7) is 5.99. The molecule has 1 aliphatic heterocycles. The van der Waals surface area contributed by atoms with Crippen LogP contribution in [0.3, 0.4) is 0 Å². The molecule has 11 heteroatoms. The Labute approximate surface area is 255 Å². The van der Waals surface area contributed by atoms with Gasteiger partial charge in [0.15, 0.2) is 9.84 Å². The van der Waals surface area contributed by atoms with Crippen molar-refractivity contribution in [2.45, 2.75) is 80.8 Å². The van der Waals surface area contributed by atoms with Crippen molar-refractivity contribution in [3.63, 3.8) is 0 Å². The first-order valence-corrected chi connectivity index (χ1v) is 16.2. The number of benzene rings is 2. The number of likely N-dealkylation sites (tertiary alicyclic amines) is 1. The Kier molecular flexibility index (Phi) is 8.49. The second kappa shape index (κ2) is 11.7. The van der Waals surface area contributed by atoms with Crippen LogP contribution >= 0.6 is 23.2 Å². The summed E-state index contributed by atoms with van der Waals surface area (Å²) in [5.74, 6) is -0.239. The topological polar surface area (TPSA) is 85.8 Å². The third kappa shape index (κ3) is 5.47. The number of pyridine rings is 1. The molecule has 0 N–H and O–H groups in total. The third-order valence-corrected chi connectivity index (χ3v) is 11.4. The minimum atomic E-state index is -4.12. The van der Waals surface area contributed by atoms with Gasteiger partial charge < -0.3 is 14.4 Å². The molecule has 0 saturated carbocycles. The monoisotopic (exact) mass is 634 g/mol. The molecule has 2 heterocycles. The fourth-order valence-electron chi connectivity index (χ4n) is 6.24. The Hall–Kier alpha value is -2.88. The fraction of sp³-hybridized carbons (Fsp3) is 0.419. The summed E-state index contributed by atoms with van der Waals surface area (Å²) in [6, 6.07) is 12.6. The molecule has 0 bridgehead atoms. The number of hydrogen-bond acceptors (Lipinski definition) is 6. The number of ether oxygens (including phenoxy) is 2. The van der Waals surface area contributed by atoms with E-state index in [2.05, 4.69) is 0 Å². The van der Waals surface area contributed by atoms with Crippen molar-refractivity contribution in [1.29, 1.82) is 0 Å². The van der Waals surface area contributed by atoms with E-state index in [-0.39, 0.29) is 24.5 Å². The van der Waals surface area contributed by atoms with Crippen molar-refractivity contribution < 1.29 is 27.1 Å². The molecule has 0 spiro atoms. The van der Waals surface area contributed by atoms with E-state index in [1.807, 2.05) is 20.8 Å². The molecule has 2 atom stereocenters. The minimum absolute atomic E-state index is 0.0167. The van der Waals surface area contributed by atoms with Gasteiger partial charge in [-0.05, 0) is 81.5 Å². The van der Waals surface area contributed by atoms with Gasteiger partial charge in [-0.3, -0.25) is 0 Å². The lowest BCUT2D eigenvalue weighted by Crippen LogP contribution is -2.53. The van der Waals surface area contributed by atoms with Gasteiger partial charge in [0.1, 0.15) is 22.8 Å². The number of sulfone groups is 1. The fourth-order valence-corrected chi connectivity index (χ4v) is 9.10. The Morgan fingerprint density at radius 1 is 1.12 bits per heavy atom. The predicted octanol–water partition coefficient (Wildman–Crippen LogP) is 7.51. The van der Waals surface area contributed by atoms with Crippen LogP contribution in [0.5, 0.6) is 5.88 Å². The molecule has 7 nitrogen and oxygen atoms in total. The molecule has 5 rings (SSSR count). The van der Waals surface area contributed by atoms with Crippen molar-refractivity contribution in [3.8, 4) is 5.88 Å². The van der Waals surface area contributed by atoms with Crippen LogP contribution in [0, 0.1) is 5.82 Å². The van der Waals surface area contributed by atoms with E-state index in [1.165, 1.54) is 12.1 Å². The molecule has 1 aromatic heterocycles. The summed E-state index contributed by atoms with van der Waals surface area (Å²) in [5.41, 5.74) is 1.000. The quantitative estimate of drug-likeness (QED) is 0.238. The summed E-state index contributed by atoms with van der Waals surface area (Å²) >= 11 is 12.6. The third-order valence-electron chi connectivity index (χ3n) is 8.18. The maximum atomic E-state index is 14.5. The largest absolute Gasteiger partial charge is 0.473 e. The van der Waals surface area contributed by atoms with Crippen molar-refractivity contribution >= 4 is 39.1 Å². The summed E-state index contributed by atoms with van der Waals surface area (Å²) < 4.78 is 53.1. The second-order valence-electron chi connectivity index (χ2n) is 11.4. The first-order chi connectivity index (χ1) is 19.9. The Morgan fingerprint density at radius 2 is 1.81 bits per heavy atom. The number of nitrogens with zero attached hydrogens (tertiary/aromatic N) is 2. The highest BCUT2D eigenvalue weighted by Gasteiger charge is 2.61. The SMILES string of the molecule is CCCC(C)(C)OC(=O)N1CCC2(S(=O)(=O)c3ccc(F)cc3)c3ccc(OCc4c(Cl)cccc4Cl)nc3CCC12. The van der Waals surface area contributed by atoms with Crippen LogP contribution in [-0.2, 0) is 32.3 Å².